The lowest BCUT2D eigenvalue weighted by atomic mass is 10.1. The Kier molecular flexibility index (Phi) is 3.68. The number of nitrogens with two attached hydrogens (primary N) is 1. The van der Waals surface area contributed by atoms with Crippen molar-refractivity contribution >= 4 is 29.0 Å². The van der Waals surface area contributed by atoms with E-state index in [1.54, 1.807) is 0 Å². The minimum atomic E-state index is 0.692. The van der Waals surface area contributed by atoms with E-state index in [1.165, 1.54) is 37.4 Å². The molecule has 0 aliphatic carbocycles. The second-order valence-corrected chi connectivity index (χ2v) is 6.01. The quantitative estimate of drug-likeness (QED) is 0.744. The van der Waals surface area contributed by atoms with E-state index in [4.69, 9.17) is 18.0 Å². The third-order valence-corrected chi connectivity index (χ3v) is 4.54. The van der Waals surface area contributed by atoms with Crippen LogP contribution in [0, 0.1) is 5.92 Å². The molecule has 0 aromatic carbocycles. The molecule has 0 spiro atoms. The van der Waals surface area contributed by atoms with Crippen molar-refractivity contribution < 1.29 is 0 Å². The lowest BCUT2D eigenvalue weighted by Crippen LogP contribution is -2.33. The predicted octanol–water partition coefficient (Wildman–Crippen LogP) is 1.49. The molecule has 14 heavy (non-hydrogen) atoms. The van der Waals surface area contributed by atoms with Gasteiger partial charge in [-0.3, -0.25) is 4.90 Å². The zero-order valence-corrected chi connectivity index (χ0v) is 10.1. The Hall–Kier alpha value is 0.200. The molecule has 2 fully saturated rings. The maximum atomic E-state index is 5.58. The molecule has 2 heterocycles. The molecule has 4 heteroatoms. The minimum absolute atomic E-state index is 0.692. The molecule has 2 atom stereocenters. The SMILES string of the molecule is NC(=S)CC1CCN(C2CCSC2)C1. The molecule has 80 valence electrons. The second-order valence-electron chi connectivity index (χ2n) is 4.34. The zero-order chi connectivity index (χ0) is 9.97. The summed E-state index contributed by atoms with van der Waals surface area (Å²) in [5.74, 6) is 3.42. The van der Waals surface area contributed by atoms with E-state index >= 15 is 0 Å². The lowest BCUT2D eigenvalue weighted by molar-refractivity contribution is 0.255. The van der Waals surface area contributed by atoms with Crippen LogP contribution in [-0.2, 0) is 0 Å². The summed E-state index contributed by atoms with van der Waals surface area (Å²) in [5, 5.41) is 0. The first-order valence-electron chi connectivity index (χ1n) is 5.36. The van der Waals surface area contributed by atoms with Crippen LogP contribution in [0.15, 0.2) is 0 Å². The van der Waals surface area contributed by atoms with Crippen LogP contribution < -0.4 is 5.73 Å². The van der Waals surface area contributed by atoms with Crippen molar-refractivity contribution in [3.8, 4) is 0 Å². The largest absolute Gasteiger partial charge is 0.393 e. The van der Waals surface area contributed by atoms with Gasteiger partial charge in [-0.05, 0) is 31.1 Å². The van der Waals surface area contributed by atoms with Gasteiger partial charge in [-0.2, -0.15) is 11.8 Å². The standard InChI is InChI=1S/C10H18N2S2/c11-10(13)5-8-1-3-12(6-8)9-2-4-14-7-9/h8-9H,1-7H2,(H2,11,13). The average Bonchev–Trinajstić information content (AvgIpc) is 2.69. The first kappa shape index (κ1) is 10.7. The first-order valence-corrected chi connectivity index (χ1v) is 6.92. The summed E-state index contributed by atoms with van der Waals surface area (Å²) in [6, 6.07) is 0.844. The van der Waals surface area contributed by atoms with Gasteiger partial charge < -0.3 is 5.73 Å². The Morgan fingerprint density at radius 2 is 2.36 bits per heavy atom. The fourth-order valence-corrected chi connectivity index (χ4v) is 3.95. The molecular weight excluding hydrogens is 212 g/mol. The molecule has 2 rings (SSSR count). The summed E-state index contributed by atoms with van der Waals surface area (Å²) < 4.78 is 0. The smallest absolute Gasteiger partial charge is 0.0730 e. The highest BCUT2D eigenvalue weighted by molar-refractivity contribution is 7.99. The van der Waals surface area contributed by atoms with Crippen LogP contribution >= 0.6 is 24.0 Å². The van der Waals surface area contributed by atoms with Crippen molar-refractivity contribution in [3.05, 3.63) is 0 Å². The highest BCUT2D eigenvalue weighted by atomic mass is 32.2. The van der Waals surface area contributed by atoms with E-state index in [-0.39, 0.29) is 0 Å². The van der Waals surface area contributed by atoms with E-state index in [9.17, 15) is 0 Å². The van der Waals surface area contributed by atoms with Gasteiger partial charge in [-0.25, -0.2) is 0 Å². The summed E-state index contributed by atoms with van der Waals surface area (Å²) in [6.07, 6.45) is 3.62. The highest BCUT2D eigenvalue weighted by Crippen LogP contribution is 2.28. The van der Waals surface area contributed by atoms with Crippen molar-refractivity contribution in [2.24, 2.45) is 11.7 Å². The van der Waals surface area contributed by atoms with Gasteiger partial charge in [0.2, 0.25) is 0 Å². The van der Waals surface area contributed by atoms with Crippen LogP contribution in [0.1, 0.15) is 19.3 Å². The van der Waals surface area contributed by atoms with Crippen LogP contribution in [0.5, 0.6) is 0 Å². The Balaban J connectivity index is 1.78. The fourth-order valence-electron chi connectivity index (χ4n) is 2.46. The minimum Gasteiger partial charge on any atom is -0.393 e. The summed E-state index contributed by atoms with van der Waals surface area (Å²) >= 11 is 7.05. The number of thiocarbonyl (C=S) groups is 1. The third kappa shape index (κ3) is 2.61. The number of rotatable bonds is 3. The van der Waals surface area contributed by atoms with Crippen LogP contribution in [0.3, 0.4) is 0 Å². The molecule has 0 amide bonds. The number of nitrogens with zero attached hydrogens (tertiary/aromatic N) is 1. The molecule has 2 aliphatic rings. The van der Waals surface area contributed by atoms with Gasteiger partial charge in [0, 0.05) is 24.8 Å². The summed E-state index contributed by atoms with van der Waals surface area (Å²) in [4.78, 5) is 3.33. The lowest BCUT2D eigenvalue weighted by Gasteiger charge is -2.22. The normalized spacial score (nSPS) is 33.7. The topological polar surface area (TPSA) is 29.3 Å². The first-order chi connectivity index (χ1) is 6.75. The highest BCUT2D eigenvalue weighted by Gasteiger charge is 2.30. The zero-order valence-electron chi connectivity index (χ0n) is 8.45. The molecule has 0 aromatic rings. The molecule has 0 radical (unpaired) electrons. The molecule has 2 nitrogen and oxygen atoms in total. The van der Waals surface area contributed by atoms with Crippen molar-refractivity contribution in [2.45, 2.75) is 25.3 Å². The van der Waals surface area contributed by atoms with E-state index < -0.39 is 0 Å². The molecule has 2 saturated heterocycles. The monoisotopic (exact) mass is 230 g/mol. The van der Waals surface area contributed by atoms with Gasteiger partial charge in [0.15, 0.2) is 0 Å². The predicted molar refractivity (Wildman–Crippen MR) is 66.8 cm³/mol. The maximum Gasteiger partial charge on any atom is 0.0730 e. The second kappa shape index (κ2) is 4.81. The Bertz CT molecular complexity index is 214. The van der Waals surface area contributed by atoms with Gasteiger partial charge in [0.25, 0.3) is 0 Å². The summed E-state index contributed by atoms with van der Waals surface area (Å²) in [7, 11) is 0. The number of thioether (sulfide) groups is 1. The number of hydrogen-bond acceptors (Lipinski definition) is 3. The molecule has 0 bridgehead atoms. The molecule has 0 aromatic heterocycles. The number of hydrogen-bond donors (Lipinski definition) is 1. The van der Waals surface area contributed by atoms with Crippen molar-refractivity contribution in [1.82, 2.24) is 4.90 Å². The van der Waals surface area contributed by atoms with E-state index in [2.05, 4.69) is 16.7 Å². The van der Waals surface area contributed by atoms with E-state index in [0.29, 0.717) is 4.99 Å². The molecule has 2 unspecified atom stereocenters. The van der Waals surface area contributed by atoms with Gasteiger partial charge >= 0.3 is 0 Å². The van der Waals surface area contributed by atoms with Gasteiger partial charge in [-0.1, -0.05) is 12.2 Å². The molecular formula is C10H18N2S2. The molecule has 2 N–H and O–H groups in total. The maximum absolute atomic E-state index is 5.58. The third-order valence-electron chi connectivity index (χ3n) is 3.23. The van der Waals surface area contributed by atoms with Gasteiger partial charge in [0.05, 0.1) is 4.99 Å². The Morgan fingerprint density at radius 3 is 3.00 bits per heavy atom. The van der Waals surface area contributed by atoms with Gasteiger partial charge in [-0.15, -0.1) is 0 Å². The van der Waals surface area contributed by atoms with Crippen molar-refractivity contribution in [3.63, 3.8) is 0 Å². The van der Waals surface area contributed by atoms with Crippen LogP contribution in [0.25, 0.3) is 0 Å². The summed E-state index contributed by atoms with van der Waals surface area (Å²) in [5.41, 5.74) is 5.58. The van der Waals surface area contributed by atoms with Crippen LogP contribution in [-0.4, -0.2) is 40.5 Å². The van der Waals surface area contributed by atoms with Crippen molar-refractivity contribution in [2.75, 3.05) is 24.6 Å². The molecule has 2 aliphatic heterocycles. The average molecular weight is 230 g/mol. The molecule has 0 saturated carbocycles. The fraction of sp³-hybridized carbons (Fsp3) is 0.900. The summed E-state index contributed by atoms with van der Waals surface area (Å²) in [6.45, 7) is 2.49. The van der Waals surface area contributed by atoms with Crippen LogP contribution in [0.4, 0.5) is 0 Å². The Morgan fingerprint density at radius 1 is 1.50 bits per heavy atom. The Labute approximate surface area is 95.6 Å². The van der Waals surface area contributed by atoms with E-state index in [0.717, 1.165) is 18.4 Å². The number of likely N-dealkylation sites (tertiary alicyclic amines) is 1. The van der Waals surface area contributed by atoms with E-state index in [1.807, 2.05) is 0 Å². The van der Waals surface area contributed by atoms with Crippen molar-refractivity contribution in [1.29, 1.82) is 0 Å². The van der Waals surface area contributed by atoms with Crippen LogP contribution in [0.2, 0.25) is 0 Å². The van der Waals surface area contributed by atoms with Gasteiger partial charge in [0.1, 0.15) is 0 Å².